The molecule has 0 atom stereocenters. The van der Waals surface area contributed by atoms with Crippen molar-refractivity contribution in [2.75, 3.05) is 11.6 Å². The van der Waals surface area contributed by atoms with Gasteiger partial charge in [0, 0.05) is 11.8 Å². The first-order valence-electron chi connectivity index (χ1n) is 4.36. The van der Waals surface area contributed by atoms with E-state index >= 15 is 0 Å². The van der Waals surface area contributed by atoms with Gasteiger partial charge in [-0.3, -0.25) is 4.79 Å². The summed E-state index contributed by atoms with van der Waals surface area (Å²) >= 11 is 1.58. The Labute approximate surface area is 103 Å². The van der Waals surface area contributed by atoms with E-state index in [4.69, 9.17) is 0 Å². The van der Waals surface area contributed by atoms with Crippen LogP contribution in [0.4, 0.5) is 5.82 Å². The molecule has 0 radical (unpaired) electrons. The predicted molar refractivity (Wildman–Crippen MR) is 67.2 cm³/mol. The van der Waals surface area contributed by atoms with Crippen molar-refractivity contribution in [1.29, 1.82) is 0 Å². The predicted octanol–water partition coefficient (Wildman–Crippen LogP) is 2.06. The lowest BCUT2D eigenvalue weighted by atomic mass is 10.4. The van der Waals surface area contributed by atoms with E-state index in [0.717, 1.165) is 10.4 Å². The minimum Gasteiger partial charge on any atom is -0.342 e. The van der Waals surface area contributed by atoms with Crippen LogP contribution in [0.5, 0.6) is 0 Å². The molecule has 0 saturated carbocycles. The molecule has 86 valence electrons. The Balaban J connectivity index is 0.00000128. The fourth-order valence-corrected chi connectivity index (χ4v) is 1.89. The molecular formula is C9H11ClN4OS. The number of carbonyl (C=O) groups is 1. The van der Waals surface area contributed by atoms with Crippen molar-refractivity contribution in [3.05, 3.63) is 12.4 Å². The number of carbonyl (C=O) groups excluding carboxylic acids is 1. The zero-order chi connectivity index (χ0) is 10.8. The summed E-state index contributed by atoms with van der Waals surface area (Å²) < 4.78 is 0. The Morgan fingerprint density at radius 1 is 1.56 bits per heavy atom. The van der Waals surface area contributed by atoms with E-state index in [0.29, 0.717) is 11.5 Å². The molecule has 2 rings (SSSR count). The first kappa shape index (κ1) is 12.8. The van der Waals surface area contributed by atoms with Crippen molar-refractivity contribution in [2.24, 2.45) is 0 Å². The molecule has 2 N–H and O–H groups in total. The normalized spacial score (nSPS) is 9.88. The third kappa shape index (κ3) is 2.45. The molecule has 0 aliphatic carbocycles. The maximum absolute atomic E-state index is 10.9. The second-order valence-corrected chi connectivity index (χ2v) is 3.84. The van der Waals surface area contributed by atoms with Crippen LogP contribution in [-0.4, -0.2) is 27.1 Å². The van der Waals surface area contributed by atoms with Crippen LogP contribution in [0, 0.1) is 0 Å². The van der Waals surface area contributed by atoms with E-state index in [-0.39, 0.29) is 18.3 Å². The fraction of sp³-hybridized carbons (Fsp3) is 0.222. The van der Waals surface area contributed by atoms with E-state index in [2.05, 4.69) is 20.3 Å². The number of thioether (sulfide) groups is 1. The number of H-pyrrole nitrogens is 1. The van der Waals surface area contributed by atoms with Gasteiger partial charge in [-0.1, -0.05) is 0 Å². The van der Waals surface area contributed by atoms with E-state index in [1.807, 2.05) is 12.3 Å². The number of nitrogens with one attached hydrogen (secondary N) is 2. The van der Waals surface area contributed by atoms with Crippen molar-refractivity contribution >= 4 is 47.1 Å². The summed E-state index contributed by atoms with van der Waals surface area (Å²) in [5.41, 5.74) is 1.52. The summed E-state index contributed by atoms with van der Waals surface area (Å²) in [7, 11) is 0. The fourth-order valence-electron chi connectivity index (χ4n) is 1.30. The lowest BCUT2D eigenvalue weighted by Crippen LogP contribution is -2.07. The summed E-state index contributed by atoms with van der Waals surface area (Å²) in [5.74, 6) is 0.399. The van der Waals surface area contributed by atoms with Gasteiger partial charge in [-0.15, -0.1) is 24.2 Å². The summed E-state index contributed by atoms with van der Waals surface area (Å²) in [6.45, 7) is 1.45. The maximum Gasteiger partial charge on any atom is 0.222 e. The lowest BCUT2D eigenvalue weighted by molar-refractivity contribution is -0.114. The molecule has 2 heterocycles. The summed E-state index contributed by atoms with van der Waals surface area (Å²) in [5, 5.41) is 2.64. The first-order valence-corrected chi connectivity index (χ1v) is 5.59. The first-order chi connectivity index (χ1) is 7.20. The van der Waals surface area contributed by atoms with Crippen LogP contribution in [-0.2, 0) is 4.79 Å². The molecule has 0 saturated heterocycles. The molecule has 1 amide bonds. The highest BCUT2D eigenvalue weighted by Gasteiger charge is 2.07. The number of pyridine rings is 1. The molecule has 0 unspecified atom stereocenters. The topological polar surface area (TPSA) is 70.7 Å². The molecule has 0 fully saturated rings. The monoisotopic (exact) mass is 258 g/mol. The minimum absolute atomic E-state index is 0. The molecule has 7 heteroatoms. The van der Waals surface area contributed by atoms with Crippen LogP contribution in [0.3, 0.4) is 0 Å². The number of rotatable bonds is 2. The summed E-state index contributed by atoms with van der Waals surface area (Å²) in [4.78, 5) is 23.2. The Morgan fingerprint density at radius 2 is 2.31 bits per heavy atom. The standard InChI is InChI=1S/C9H10N4OS.ClH/c1-5(14)12-7-3-6(15-2)8-9(13-7)11-4-10-8;/h3-4H,1-2H3,(H2,10,11,12,13,14);1H. The molecule has 16 heavy (non-hydrogen) atoms. The van der Waals surface area contributed by atoms with Gasteiger partial charge >= 0.3 is 0 Å². The number of aromatic nitrogens is 3. The molecule has 0 bridgehead atoms. The van der Waals surface area contributed by atoms with Crippen LogP contribution < -0.4 is 5.32 Å². The molecule has 0 spiro atoms. The van der Waals surface area contributed by atoms with Crippen molar-refractivity contribution in [3.63, 3.8) is 0 Å². The highest BCUT2D eigenvalue weighted by Crippen LogP contribution is 2.25. The zero-order valence-electron chi connectivity index (χ0n) is 8.77. The largest absolute Gasteiger partial charge is 0.342 e. The van der Waals surface area contributed by atoms with Crippen molar-refractivity contribution < 1.29 is 4.79 Å². The van der Waals surface area contributed by atoms with Gasteiger partial charge in [0.15, 0.2) is 5.65 Å². The highest BCUT2D eigenvalue weighted by atomic mass is 35.5. The SMILES string of the molecule is CSc1cc(NC(C)=O)nc2nc[nH]c12.Cl. The highest BCUT2D eigenvalue weighted by molar-refractivity contribution is 7.98. The molecule has 2 aromatic rings. The van der Waals surface area contributed by atoms with Crippen molar-refractivity contribution in [2.45, 2.75) is 11.8 Å². The van der Waals surface area contributed by atoms with Gasteiger partial charge in [-0.05, 0) is 12.3 Å². The van der Waals surface area contributed by atoms with Crippen LogP contribution in [0.15, 0.2) is 17.3 Å². The number of fused-ring (bicyclic) bond motifs is 1. The third-order valence-corrected chi connectivity index (χ3v) is 2.65. The quantitative estimate of drug-likeness (QED) is 0.809. The average Bonchev–Trinajstić information content (AvgIpc) is 2.63. The lowest BCUT2D eigenvalue weighted by Gasteiger charge is -2.03. The van der Waals surface area contributed by atoms with E-state index < -0.39 is 0 Å². The molecule has 2 aromatic heterocycles. The number of nitrogens with zero attached hydrogens (tertiary/aromatic N) is 2. The minimum atomic E-state index is -0.135. The Hall–Kier alpha value is -1.27. The molecule has 0 aromatic carbocycles. The van der Waals surface area contributed by atoms with E-state index in [1.165, 1.54) is 6.92 Å². The number of halogens is 1. The van der Waals surface area contributed by atoms with Crippen LogP contribution in [0.2, 0.25) is 0 Å². The van der Waals surface area contributed by atoms with Crippen LogP contribution in [0.1, 0.15) is 6.92 Å². The third-order valence-electron chi connectivity index (χ3n) is 1.88. The number of aromatic amines is 1. The number of amides is 1. The Bertz CT molecular complexity index is 513. The van der Waals surface area contributed by atoms with Gasteiger partial charge in [0.25, 0.3) is 0 Å². The summed E-state index contributed by atoms with van der Waals surface area (Å²) in [6, 6.07) is 1.83. The number of hydrogen-bond donors (Lipinski definition) is 2. The van der Waals surface area contributed by atoms with E-state index in [9.17, 15) is 4.79 Å². The molecular weight excluding hydrogens is 248 g/mol. The van der Waals surface area contributed by atoms with E-state index in [1.54, 1.807) is 18.1 Å². The van der Waals surface area contributed by atoms with Gasteiger partial charge in [-0.25, -0.2) is 9.97 Å². The Kier molecular flexibility index (Phi) is 4.14. The van der Waals surface area contributed by atoms with Gasteiger partial charge in [0.2, 0.25) is 5.91 Å². The number of imidazole rings is 1. The smallest absolute Gasteiger partial charge is 0.222 e. The molecule has 5 nitrogen and oxygen atoms in total. The molecule has 0 aliphatic rings. The summed E-state index contributed by atoms with van der Waals surface area (Å²) in [6.07, 6.45) is 3.56. The second kappa shape index (κ2) is 5.18. The number of anilines is 1. The average molecular weight is 259 g/mol. The maximum atomic E-state index is 10.9. The van der Waals surface area contributed by atoms with Crippen molar-refractivity contribution in [1.82, 2.24) is 15.0 Å². The van der Waals surface area contributed by atoms with Gasteiger partial charge in [0.05, 0.1) is 11.8 Å². The Morgan fingerprint density at radius 3 is 2.94 bits per heavy atom. The van der Waals surface area contributed by atoms with Crippen LogP contribution >= 0.6 is 24.2 Å². The molecule has 0 aliphatic heterocycles. The van der Waals surface area contributed by atoms with Gasteiger partial charge < -0.3 is 10.3 Å². The number of hydrogen-bond acceptors (Lipinski definition) is 4. The van der Waals surface area contributed by atoms with Crippen molar-refractivity contribution in [3.8, 4) is 0 Å². The zero-order valence-corrected chi connectivity index (χ0v) is 10.4. The van der Waals surface area contributed by atoms with Gasteiger partial charge in [0.1, 0.15) is 5.82 Å². The van der Waals surface area contributed by atoms with Gasteiger partial charge in [-0.2, -0.15) is 0 Å². The van der Waals surface area contributed by atoms with Crippen LogP contribution in [0.25, 0.3) is 11.2 Å². The second-order valence-electron chi connectivity index (χ2n) is 2.99.